The second-order valence-electron chi connectivity index (χ2n) is 5.41. The molecule has 0 unspecified atom stereocenters. The topological polar surface area (TPSA) is 33.1 Å². The molecule has 0 bridgehead atoms. The fourth-order valence-corrected chi connectivity index (χ4v) is 2.57. The third-order valence-corrected chi connectivity index (χ3v) is 3.86. The van der Waals surface area contributed by atoms with Crippen LogP contribution in [0, 0.1) is 5.92 Å². The Balaban J connectivity index is 1.77. The largest absolute Gasteiger partial charge is 0.356 e. The van der Waals surface area contributed by atoms with Crippen molar-refractivity contribution in [3.63, 3.8) is 0 Å². The molecule has 0 radical (unpaired) electrons. The van der Waals surface area contributed by atoms with Gasteiger partial charge < -0.3 is 14.8 Å². The first-order valence-corrected chi connectivity index (χ1v) is 7.23. The highest BCUT2D eigenvalue weighted by molar-refractivity contribution is 5.25. The summed E-state index contributed by atoms with van der Waals surface area (Å²) in [6, 6.07) is 0. The monoisotopic (exact) mass is 250 g/mol. The number of imidazole rings is 1. The van der Waals surface area contributed by atoms with E-state index in [-0.39, 0.29) is 0 Å². The quantitative estimate of drug-likeness (QED) is 0.842. The standard InChI is InChI=1S/C14H26N4/c1-3-7-15-14-16-8-12-18(14)11-6-13-4-9-17(2)10-5-13/h8,12-13H,3-7,9-11H2,1-2H3,(H,15,16). The van der Waals surface area contributed by atoms with Crippen LogP contribution in [0.4, 0.5) is 5.95 Å². The summed E-state index contributed by atoms with van der Waals surface area (Å²) in [5, 5.41) is 3.38. The van der Waals surface area contributed by atoms with Crippen LogP contribution in [-0.4, -0.2) is 41.1 Å². The first-order chi connectivity index (χ1) is 8.79. The van der Waals surface area contributed by atoms with E-state index in [0.717, 1.165) is 31.4 Å². The highest BCUT2D eigenvalue weighted by Gasteiger charge is 2.16. The van der Waals surface area contributed by atoms with Gasteiger partial charge in [0.05, 0.1) is 0 Å². The summed E-state index contributed by atoms with van der Waals surface area (Å²) >= 11 is 0. The van der Waals surface area contributed by atoms with Crippen molar-refractivity contribution in [1.29, 1.82) is 0 Å². The fourth-order valence-electron chi connectivity index (χ4n) is 2.57. The molecule has 1 aromatic rings. The van der Waals surface area contributed by atoms with Crippen molar-refractivity contribution in [2.24, 2.45) is 5.92 Å². The molecular weight excluding hydrogens is 224 g/mol. The van der Waals surface area contributed by atoms with Crippen molar-refractivity contribution in [3.8, 4) is 0 Å². The van der Waals surface area contributed by atoms with Gasteiger partial charge in [-0.05, 0) is 51.7 Å². The van der Waals surface area contributed by atoms with Crippen molar-refractivity contribution in [3.05, 3.63) is 12.4 Å². The summed E-state index contributed by atoms with van der Waals surface area (Å²) in [7, 11) is 2.22. The van der Waals surface area contributed by atoms with Crippen molar-refractivity contribution in [2.75, 3.05) is 32.0 Å². The van der Waals surface area contributed by atoms with Gasteiger partial charge in [0.2, 0.25) is 5.95 Å². The van der Waals surface area contributed by atoms with Crippen LogP contribution in [0.1, 0.15) is 32.6 Å². The molecule has 1 aliphatic rings. The molecule has 1 aromatic heterocycles. The molecule has 0 aliphatic carbocycles. The van der Waals surface area contributed by atoms with Gasteiger partial charge in [-0.2, -0.15) is 0 Å². The van der Waals surface area contributed by atoms with Gasteiger partial charge in [0.25, 0.3) is 0 Å². The Labute approximate surface area is 110 Å². The summed E-state index contributed by atoms with van der Waals surface area (Å²) in [4.78, 5) is 6.81. The lowest BCUT2D eigenvalue weighted by Crippen LogP contribution is -2.30. The molecule has 0 aromatic carbocycles. The lowest BCUT2D eigenvalue weighted by molar-refractivity contribution is 0.208. The number of likely N-dealkylation sites (tertiary alicyclic amines) is 1. The molecule has 102 valence electrons. The van der Waals surface area contributed by atoms with Gasteiger partial charge in [0, 0.05) is 25.5 Å². The van der Waals surface area contributed by atoms with Gasteiger partial charge in [-0.25, -0.2) is 4.98 Å². The van der Waals surface area contributed by atoms with Crippen LogP contribution in [0.5, 0.6) is 0 Å². The van der Waals surface area contributed by atoms with Crippen LogP contribution in [0.15, 0.2) is 12.4 Å². The zero-order valence-electron chi connectivity index (χ0n) is 11.7. The highest BCUT2D eigenvalue weighted by atomic mass is 15.2. The Bertz CT molecular complexity index is 339. The van der Waals surface area contributed by atoms with E-state index in [1.54, 1.807) is 0 Å². The average molecular weight is 250 g/mol. The number of nitrogens with zero attached hydrogens (tertiary/aromatic N) is 3. The average Bonchev–Trinajstić information content (AvgIpc) is 2.83. The first kappa shape index (κ1) is 13.4. The third-order valence-electron chi connectivity index (χ3n) is 3.86. The molecule has 0 amide bonds. The second kappa shape index (κ2) is 6.78. The molecule has 0 saturated carbocycles. The second-order valence-corrected chi connectivity index (χ2v) is 5.41. The zero-order valence-corrected chi connectivity index (χ0v) is 11.7. The van der Waals surface area contributed by atoms with Crippen LogP contribution in [0.2, 0.25) is 0 Å². The number of hydrogen-bond acceptors (Lipinski definition) is 3. The van der Waals surface area contributed by atoms with Gasteiger partial charge >= 0.3 is 0 Å². The van der Waals surface area contributed by atoms with Crippen molar-refractivity contribution < 1.29 is 0 Å². The Kier molecular flexibility index (Phi) is 5.05. The van der Waals surface area contributed by atoms with E-state index in [1.165, 1.54) is 32.4 Å². The summed E-state index contributed by atoms with van der Waals surface area (Å²) in [6.07, 6.45) is 9.11. The lowest BCUT2D eigenvalue weighted by Gasteiger charge is -2.29. The maximum atomic E-state index is 4.37. The number of aryl methyl sites for hydroxylation is 1. The van der Waals surface area contributed by atoms with E-state index >= 15 is 0 Å². The molecule has 0 spiro atoms. The summed E-state index contributed by atoms with van der Waals surface area (Å²) in [6.45, 7) is 6.80. The highest BCUT2D eigenvalue weighted by Crippen LogP contribution is 2.20. The minimum atomic E-state index is 0.891. The number of anilines is 1. The molecule has 0 atom stereocenters. The molecule has 2 heterocycles. The predicted octanol–water partition coefficient (Wildman–Crippen LogP) is 2.44. The fraction of sp³-hybridized carbons (Fsp3) is 0.786. The third kappa shape index (κ3) is 3.73. The molecule has 1 aliphatic heterocycles. The van der Waals surface area contributed by atoms with Crippen LogP contribution in [0.25, 0.3) is 0 Å². The SMILES string of the molecule is CCCNc1nccn1CCC1CCN(C)CC1. The van der Waals surface area contributed by atoms with Crippen molar-refractivity contribution in [2.45, 2.75) is 39.2 Å². The van der Waals surface area contributed by atoms with E-state index in [1.807, 2.05) is 6.20 Å². The molecule has 2 rings (SSSR count). The maximum Gasteiger partial charge on any atom is 0.202 e. The number of nitrogens with one attached hydrogen (secondary N) is 1. The zero-order chi connectivity index (χ0) is 12.8. The minimum Gasteiger partial charge on any atom is -0.356 e. The molecular formula is C14H26N4. The van der Waals surface area contributed by atoms with Gasteiger partial charge in [-0.3, -0.25) is 0 Å². The minimum absolute atomic E-state index is 0.891. The molecule has 1 fully saturated rings. The normalized spacial score (nSPS) is 18.1. The van der Waals surface area contributed by atoms with Crippen LogP contribution >= 0.6 is 0 Å². The Morgan fingerprint density at radius 3 is 2.89 bits per heavy atom. The Morgan fingerprint density at radius 1 is 1.39 bits per heavy atom. The maximum absolute atomic E-state index is 4.37. The van der Waals surface area contributed by atoms with E-state index in [4.69, 9.17) is 0 Å². The molecule has 4 heteroatoms. The summed E-state index contributed by atoms with van der Waals surface area (Å²) in [5.41, 5.74) is 0. The van der Waals surface area contributed by atoms with Crippen molar-refractivity contribution >= 4 is 5.95 Å². The van der Waals surface area contributed by atoms with E-state index in [2.05, 4.69) is 39.9 Å². The van der Waals surface area contributed by atoms with E-state index in [9.17, 15) is 0 Å². The summed E-state index contributed by atoms with van der Waals surface area (Å²) < 4.78 is 2.26. The number of aromatic nitrogens is 2. The van der Waals surface area contributed by atoms with Gasteiger partial charge in [0.1, 0.15) is 0 Å². The molecule has 18 heavy (non-hydrogen) atoms. The van der Waals surface area contributed by atoms with Crippen LogP contribution < -0.4 is 5.32 Å². The number of hydrogen-bond donors (Lipinski definition) is 1. The van der Waals surface area contributed by atoms with Crippen molar-refractivity contribution in [1.82, 2.24) is 14.5 Å². The van der Waals surface area contributed by atoms with Crippen LogP contribution in [0.3, 0.4) is 0 Å². The van der Waals surface area contributed by atoms with Gasteiger partial charge in [-0.1, -0.05) is 6.92 Å². The summed E-state index contributed by atoms with van der Waals surface area (Å²) in [5.74, 6) is 1.92. The van der Waals surface area contributed by atoms with E-state index < -0.39 is 0 Å². The Morgan fingerprint density at radius 2 is 2.17 bits per heavy atom. The number of piperidine rings is 1. The van der Waals surface area contributed by atoms with Gasteiger partial charge in [0.15, 0.2) is 0 Å². The molecule has 1 N–H and O–H groups in total. The van der Waals surface area contributed by atoms with E-state index in [0.29, 0.717) is 0 Å². The number of rotatable bonds is 6. The van der Waals surface area contributed by atoms with Crippen LogP contribution in [-0.2, 0) is 6.54 Å². The molecule has 4 nitrogen and oxygen atoms in total. The predicted molar refractivity (Wildman–Crippen MR) is 75.8 cm³/mol. The first-order valence-electron chi connectivity index (χ1n) is 7.23. The smallest absolute Gasteiger partial charge is 0.202 e. The lowest BCUT2D eigenvalue weighted by atomic mass is 9.94. The molecule has 1 saturated heterocycles. The van der Waals surface area contributed by atoms with Gasteiger partial charge in [-0.15, -0.1) is 0 Å². The Hall–Kier alpha value is -1.03.